The highest BCUT2D eigenvalue weighted by molar-refractivity contribution is 6.00. The summed E-state index contributed by atoms with van der Waals surface area (Å²) in [5, 5.41) is 6.45. The summed E-state index contributed by atoms with van der Waals surface area (Å²) < 4.78 is 46.1. The number of alkyl halides is 3. The number of anilines is 1. The molecule has 2 amide bonds. The van der Waals surface area contributed by atoms with Gasteiger partial charge in [-0.2, -0.15) is 18.3 Å². The summed E-state index contributed by atoms with van der Waals surface area (Å²) in [6, 6.07) is 9.10. The third kappa shape index (κ3) is 4.04. The molecule has 1 aromatic carbocycles. The number of amides is 2. The molecule has 0 spiro atoms. The predicted molar refractivity (Wildman–Crippen MR) is 101 cm³/mol. The molecule has 1 aromatic heterocycles. The molecular weight excluding hydrogens is 401 g/mol. The topological polar surface area (TPSA) is 76.5 Å². The number of para-hydroxylation sites is 1. The van der Waals surface area contributed by atoms with Crippen molar-refractivity contribution in [2.45, 2.75) is 32.2 Å². The standard InChI is InChI=1S/C20H21F3N4O3/c21-20(22,23)18-15-12-30-9-6-16(15)27(25-18)8-7-24-19(29)13-10-17(28)26(11-13)14-4-2-1-3-5-14/h1-5,13H,6-12H2,(H,24,29). The van der Waals surface area contributed by atoms with Crippen LogP contribution in [-0.2, 0) is 40.1 Å². The van der Waals surface area contributed by atoms with Gasteiger partial charge in [-0.15, -0.1) is 0 Å². The van der Waals surface area contributed by atoms with Crippen molar-refractivity contribution in [3.05, 3.63) is 47.3 Å². The fourth-order valence-corrected chi connectivity index (χ4v) is 3.89. The van der Waals surface area contributed by atoms with E-state index in [1.165, 1.54) is 4.68 Å². The predicted octanol–water partition coefficient (Wildman–Crippen LogP) is 2.14. The normalized spacial score (nSPS) is 19.1. The summed E-state index contributed by atoms with van der Waals surface area (Å²) in [6.07, 6.45) is -4.10. The number of hydrogen-bond donors (Lipinski definition) is 1. The zero-order valence-electron chi connectivity index (χ0n) is 16.1. The Morgan fingerprint density at radius 1 is 1.27 bits per heavy atom. The third-order valence-electron chi connectivity index (χ3n) is 5.35. The highest BCUT2D eigenvalue weighted by Crippen LogP contribution is 2.34. The van der Waals surface area contributed by atoms with Gasteiger partial charge in [0.15, 0.2) is 5.69 Å². The van der Waals surface area contributed by atoms with Crippen molar-refractivity contribution >= 4 is 17.5 Å². The maximum Gasteiger partial charge on any atom is 0.435 e. The zero-order valence-corrected chi connectivity index (χ0v) is 16.1. The van der Waals surface area contributed by atoms with Crippen LogP contribution >= 0.6 is 0 Å². The Morgan fingerprint density at radius 2 is 2.03 bits per heavy atom. The minimum absolute atomic E-state index is 0.0694. The van der Waals surface area contributed by atoms with Crippen LogP contribution in [0.5, 0.6) is 0 Å². The number of rotatable bonds is 5. The molecule has 0 aliphatic carbocycles. The van der Waals surface area contributed by atoms with Crippen LogP contribution in [0.15, 0.2) is 30.3 Å². The highest BCUT2D eigenvalue weighted by Gasteiger charge is 2.40. The molecule has 2 aliphatic rings. The number of nitrogens with zero attached hydrogens (tertiary/aromatic N) is 3. The molecule has 0 saturated carbocycles. The van der Waals surface area contributed by atoms with Crippen molar-refractivity contribution in [2.75, 3.05) is 24.6 Å². The van der Waals surface area contributed by atoms with E-state index in [2.05, 4.69) is 10.4 Å². The minimum Gasteiger partial charge on any atom is -0.376 e. The molecule has 160 valence electrons. The van der Waals surface area contributed by atoms with E-state index in [1.807, 2.05) is 18.2 Å². The summed E-state index contributed by atoms with van der Waals surface area (Å²) in [4.78, 5) is 26.3. The molecule has 10 heteroatoms. The number of benzene rings is 1. The van der Waals surface area contributed by atoms with Crippen LogP contribution in [0.25, 0.3) is 0 Å². The quantitative estimate of drug-likeness (QED) is 0.801. The number of carbonyl (C=O) groups excluding carboxylic acids is 2. The monoisotopic (exact) mass is 422 g/mol. The van der Waals surface area contributed by atoms with E-state index < -0.39 is 17.8 Å². The van der Waals surface area contributed by atoms with Crippen molar-refractivity contribution in [3.63, 3.8) is 0 Å². The lowest BCUT2D eigenvalue weighted by Crippen LogP contribution is -2.35. The fourth-order valence-electron chi connectivity index (χ4n) is 3.89. The van der Waals surface area contributed by atoms with Gasteiger partial charge < -0.3 is 15.0 Å². The van der Waals surface area contributed by atoms with E-state index in [-0.39, 0.29) is 50.0 Å². The molecule has 1 atom stereocenters. The summed E-state index contributed by atoms with van der Waals surface area (Å²) in [5.74, 6) is -0.914. The summed E-state index contributed by atoms with van der Waals surface area (Å²) in [7, 11) is 0. The molecule has 1 N–H and O–H groups in total. The lowest BCUT2D eigenvalue weighted by atomic mass is 10.1. The smallest absolute Gasteiger partial charge is 0.376 e. The van der Waals surface area contributed by atoms with E-state index in [0.29, 0.717) is 18.7 Å². The van der Waals surface area contributed by atoms with Crippen LogP contribution in [-0.4, -0.2) is 41.3 Å². The molecule has 3 heterocycles. The van der Waals surface area contributed by atoms with Crippen LogP contribution in [0.2, 0.25) is 0 Å². The maximum atomic E-state index is 13.2. The lowest BCUT2D eigenvalue weighted by Gasteiger charge is -2.17. The Morgan fingerprint density at radius 3 is 2.77 bits per heavy atom. The molecule has 30 heavy (non-hydrogen) atoms. The van der Waals surface area contributed by atoms with Gasteiger partial charge in [0.05, 0.1) is 25.7 Å². The second-order valence-corrected chi connectivity index (χ2v) is 7.33. The summed E-state index contributed by atoms with van der Waals surface area (Å²) in [6.45, 7) is 0.744. The number of hydrogen-bond acceptors (Lipinski definition) is 4. The number of aromatic nitrogens is 2. The van der Waals surface area contributed by atoms with Gasteiger partial charge in [0.25, 0.3) is 0 Å². The zero-order chi connectivity index (χ0) is 21.3. The largest absolute Gasteiger partial charge is 0.435 e. The Hall–Kier alpha value is -2.88. The van der Waals surface area contributed by atoms with Crippen molar-refractivity contribution in [1.29, 1.82) is 0 Å². The maximum absolute atomic E-state index is 13.2. The van der Waals surface area contributed by atoms with E-state index in [4.69, 9.17) is 4.74 Å². The molecule has 1 unspecified atom stereocenters. The first-order valence-corrected chi connectivity index (χ1v) is 9.71. The van der Waals surface area contributed by atoms with Crippen LogP contribution in [0.4, 0.5) is 18.9 Å². The summed E-state index contributed by atoms with van der Waals surface area (Å²) in [5.41, 5.74) is 0.375. The Labute approximate surface area is 170 Å². The molecular formula is C20H21F3N4O3. The van der Waals surface area contributed by atoms with Crippen molar-refractivity contribution in [3.8, 4) is 0 Å². The second-order valence-electron chi connectivity index (χ2n) is 7.33. The van der Waals surface area contributed by atoms with Gasteiger partial charge in [0, 0.05) is 42.9 Å². The number of carbonyl (C=O) groups is 2. The average Bonchev–Trinajstić information content (AvgIpc) is 3.30. The molecule has 1 saturated heterocycles. The van der Waals surface area contributed by atoms with Crippen LogP contribution in [0, 0.1) is 5.92 Å². The molecule has 0 bridgehead atoms. The molecule has 4 rings (SSSR count). The van der Waals surface area contributed by atoms with E-state index in [0.717, 1.165) is 5.69 Å². The first kappa shape index (κ1) is 20.4. The summed E-state index contributed by atoms with van der Waals surface area (Å²) >= 11 is 0. The van der Waals surface area contributed by atoms with Crippen LogP contribution < -0.4 is 10.2 Å². The van der Waals surface area contributed by atoms with Gasteiger partial charge in [-0.25, -0.2) is 0 Å². The number of fused-ring (bicyclic) bond motifs is 1. The van der Waals surface area contributed by atoms with Crippen LogP contribution in [0.3, 0.4) is 0 Å². The van der Waals surface area contributed by atoms with E-state index in [9.17, 15) is 22.8 Å². The average molecular weight is 422 g/mol. The second kappa shape index (κ2) is 8.10. The first-order chi connectivity index (χ1) is 14.3. The van der Waals surface area contributed by atoms with Gasteiger partial charge in [-0.1, -0.05) is 18.2 Å². The van der Waals surface area contributed by atoms with Gasteiger partial charge in [0.2, 0.25) is 11.8 Å². The Kier molecular flexibility index (Phi) is 5.50. The third-order valence-corrected chi connectivity index (χ3v) is 5.35. The SMILES string of the molecule is O=C(NCCn1nc(C(F)(F)F)c2c1CCOC2)C1CC(=O)N(c2ccccc2)C1. The van der Waals surface area contributed by atoms with E-state index >= 15 is 0 Å². The van der Waals surface area contributed by atoms with Gasteiger partial charge in [0.1, 0.15) is 0 Å². The molecule has 1 fully saturated rings. The van der Waals surface area contributed by atoms with Crippen LogP contribution in [0.1, 0.15) is 23.4 Å². The Balaban J connectivity index is 1.37. The number of halogens is 3. The molecule has 2 aromatic rings. The van der Waals surface area contributed by atoms with Gasteiger partial charge in [-0.3, -0.25) is 14.3 Å². The van der Waals surface area contributed by atoms with Gasteiger partial charge in [-0.05, 0) is 12.1 Å². The van der Waals surface area contributed by atoms with Crippen molar-refractivity contribution in [1.82, 2.24) is 15.1 Å². The number of nitrogens with one attached hydrogen (secondary N) is 1. The molecule has 0 radical (unpaired) electrons. The first-order valence-electron chi connectivity index (χ1n) is 9.71. The molecule has 2 aliphatic heterocycles. The van der Waals surface area contributed by atoms with Crippen molar-refractivity contribution in [2.24, 2.45) is 5.92 Å². The van der Waals surface area contributed by atoms with Gasteiger partial charge >= 0.3 is 6.18 Å². The minimum atomic E-state index is -4.55. The Bertz CT molecular complexity index is 943. The lowest BCUT2D eigenvalue weighted by molar-refractivity contribution is -0.142. The number of ether oxygens (including phenoxy) is 1. The molecule has 7 nitrogen and oxygen atoms in total. The van der Waals surface area contributed by atoms with Crippen molar-refractivity contribution < 1.29 is 27.5 Å². The van der Waals surface area contributed by atoms with E-state index in [1.54, 1.807) is 17.0 Å². The fraction of sp³-hybridized carbons (Fsp3) is 0.450. The highest BCUT2D eigenvalue weighted by atomic mass is 19.4.